The number of hydrogen-bond acceptors (Lipinski definition) is 5. The highest BCUT2D eigenvalue weighted by atomic mass is 32.1. The number of aryl methyl sites for hydroxylation is 1. The molecular weight excluding hydrogens is 294 g/mol. The summed E-state index contributed by atoms with van der Waals surface area (Å²) in [6.45, 7) is 4.91. The summed E-state index contributed by atoms with van der Waals surface area (Å²) in [6.07, 6.45) is 1.79. The number of aromatic nitrogens is 2. The summed E-state index contributed by atoms with van der Waals surface area (Å²) in [7, 11) is 2.06. The van der Waals surface area contributed by atoms with Crippen molar-refractivity contribution in [2.45, 2.75) is 26.4 Å². The predicted octanol–water partition coefficient (Wildman–Crippen LogP) is 4.30. The normalized spacial score (nSPS) is 12.7. The van der Waals surface area contributed by atoms with Gasteiger partial charge in [-0.05, 0) is 20.9 Å². The van der Waals surface area contributed by atoms with Gasteiger partial charge in [-0.1, -0.05) is 30.3 Å². The molecule has 2 aromatic heterocycles. The van der Waals surface area contributed by atoms with E-state index in [1.54, 1.807) is 17.5 Å². The maximum absolute atomic E-state index is 5.93. The molecular formula is C17H19N3OS. The first-order chi connectivity index (χ1) is 10.6. The number of thiazole rings is 1. The first kappa shape index (κ1) is 14.9. The molecule has 22 heavy (non-hydrogen) atoms. The van der Waals surface area contributed by atoms with Crippen LogP contribution in [0.1, 0.15) is 29.6 Å². The minimum Gasteiger partial charge on any atom is -0.439 e. The third-order valence-electron chi connectivity index (χ3n) is 3.65. The van der Waals surface area contributed by atoms with Crippen LogP contribution in [0.3, 0.4) is 0 Å². The van der Waals surface area contributed by atoms with Crippen LogP contribution in [0.4, 0.5) is 0 Å². The Hall–Kier alpha value is -1.98. The van der Waals surface area contributed by atoms with Crippen molar-refractivity contribution in [2.75, 3.05) is 7.05 Å². The van der Waals surface area contributed by atoms with Crippen molar-refractivity contribution in [3.8, 4) is 11.3 Å². The third kappa shape index (κ3) is 3.26. The van der Waals surface area contributed by atoms with Crippen molar-refractivity contribution in [3.63, 3.8) is 0 Å². The number of rotatable bonds is 5. The van der Waals surface area contributed by atoms with Gasteiger partial charge in [0.25, 0.3) is 0 Å². The molecule has 0 aliphatic heterocycles. The molecule has 1 aromatic carbocycles. The Balaban J connectivity index is 1.72. The molecule has 0 saturated heterocycles. The molecule has 5 heteroatoms. The van der Waals surface area contributed by atoms with Crippen LogP contribution in [0.15, 0.2) is 46.3 Å². The summed E-state index contributed by atoms with van der Waals surface area (Å²) >= 11 is 1.69. The van der Waals surface area contributed by atoms with Crippen LogP contribution in [-0.2, 0) is 6.54 Å². The molecule has 0 N–H and O–H groups in total. The summed E-state index contributed by atoms with van der Waals surface area (Å²) in [5.41, 5.74) is 2.12. The van der Waals surface area contributed by atoms with Crippen molar-refractivity contribution in [2.24, 2.45) is 0 Å². The van der Waals surface area contributed by atoms with Gasteiger partial charge in [-0.2, -0.15) is 0 Å². The minimum absolute atomic E-state index is 0.0988. The molecule has 0 fully saturated rings. The van der Waals surface area contributed by atoms with Crippen LogP contribution in [0.25, 0.3) is 11.3 Å². The van der Waals surface area contributed by atoms with Gasteiger partial charge in [-0.25, -0.2) is 9.97 Å². The van der Waals surface area contributed by atoms with E-state index in [4.69, 9.17) is 4.42 Å². The van der Waals surface area contributed by atoms with Crippen LogP contribution >= 0.6 is 11.3 Å². The summed E-state index contributed by atoms with van der Waals surface area (Å²) in [4.78, 5) is 11.1. The maximum Gasteiger partial charge on any atom is 0.211 e. The van der Waals surface area contributed by atoms with E-state index >= 15 is 0 Å². The Kier molecular flexibility index (Phi) is 4.36. The largest absolute Gasteiger partial charge is 0.439 e. The van der Waals surface area contributed by atoms with Crippen LogP contribution in [0.2, 0.25) is 0 Å². The second-order valence-corrected chi connectivity index (χ2v) is 6.35. The highest BCUT2D eigenvalue weighted by molar-refractivity contribution is 7.09. The highest BCUT2D eigenvalue weighted by Crippen LogP contribution is 2.26. The zero-order valence-corrected chi connectivity index (χ0v) is 13.8. The topological polar surface area (TPSA) is 42.2 Å². The zero-order valence-electron chi connectivity index (χ0n) is 13.0. The van der Waals surface area contributed by atoms with Crippen molar-refractivity contribution in [3.05, 3.63) is 58.5 Å². The highest BCUT2D eigenvalue weighted by Gasteiger charge is 2.19. The molecule has 0 aliphatic carbocycles. The SMILES string of the molecule is Cc1csc(CN(C)C(C)c2ncc(-c3ccccc3)o2)n1. The summed E-state index contributed by atoms with van der Waals surface area (Å²) in [5, 5.41) is 3.19. The molecule has 0 bridgehead atoms. The fourth-order valence-corrected chi connectivity index (χ4v) is 3.06. The molecule has 3 rings (SSSR count). The van der Waals surface area contributed by atoms with Crippen molar-refractivity contribution < 1.29 is 4.42 Å². The second kappa shape index (κ2) is 6.42. The Labute approximate surface area is 134 Å². The van der Waals surface area contributed by atoms with Crippen LogP contribution in [0, 0.1) is 6.92 Å². The van der Waals surface area contributed by atoms with E-state index in [2.05, 4.69) is 34.2 Å². The predicted molar refractivity (Wildman–Crippen MR) is 88.7 cm³/mol. The monoisotopic (exact) mass is 313 g/mol. The number of benzene rings is 1. The molecule has 0 saturated carbocycles. The van der Waals surface area contributed by atoms with Gasteiger partial charge < -0.3 is 4.42 Å². The average molecular weight is 313 g/mol. The Morgan fingerprint density at radius 1 is 1.27 bits per heavy atom. The Bertz CT molecular complexity index is 735. The lowest BCUT2D eigenvalue weighted by molar-refractivity contribution is 0.218. The maximum atomic E-state index is 5.93. The van der Waals surface area contributed by atoms with Crippen LogP contribution < -0.4 is 0 Å². The summed E-state index contributed by atoms with van der Waals surface area (Å²) < 4.78 is 5.93. The van der Waals surface area contributed by atoms with Crippen LogP contribution in [-0.4, -0.2) is 21.9 Å². The quantitative estimate of drug-likeness (QED) is 0.704. The fraction of sp³-hybridized carbons (Fsp3) is 0.294. The molecule has 114 valence electrons. The average Bonchev–Trinajstić information content (AvgIpc) is 3.17. The molecule has 2 heterocycles. The van der Waals surface area contributed by atoms with E-state index in [1.165, 1.54) is 0 Å². The Morgan fingerprint density at radius 3 is 2.73 bits per heavy atom. The first-order valence-electron chi connectivity index (χ1n) is 7.26. The number of oxazole rings is 1. The van der Waals surface area contributed by atoms with E-state index in [1.807, 2.05) is 37.3 Å². The zero-order chi connectivity index (χ0) is 15.5. The van der Waals surface area contributed by atoms with E-state index in [9.17, 15) is 0 Å². The lowest BCUT2D eigenvalue weighted by Gasteiger charge is -2.20. The number of nitrogens with zero attached hydrogens (tertiary/aromatic N) is 3. The van der Waals surface area contributed by atoms with E-state index < -0.39 is 0 Å². The molecule has 1 unspecified atom stereocenters. The number of hydrogen-bond donors (Lipinski definition) is 0. The lowest BCUT2D eigenvalue weighted by atomic mass is 10.2. The summed E-state index contributed by atoms with van der Waals surface area (Å²) in [6, 6.07) is 10.1. The van der Waals surface area contributed by atoms with E-state index in [0.29, 0.717) is 0 Å². The molecule has 0 aliphatic rings. The standard InChI is InChI=1S/C17H19N3OS/c1-12-11-22-16(19-12)10-20(3)13(2)17-18-9-15(21-17)14-7-5-4-6-8-14/h4-9,11,13H,10H2,1-3H3. The molecule has 4 nitrogen and oxygen atoms in total. The van der Waals surface area contributed by atoms with Gasteiger partial charge in [0, 0.05) is 16.6 Å². The molecule has 0 radical (unpaired) electrons. The molecule has 3 aromatic rings. The molecule has 0 spiro atoms. The van der Waals surface area contributed by atoms with E-state index in [0.717, 1.165) is 34.5 Å². The lowest BCUT2D eigenvalue weighted by Crippen LogP contribution is -2.22. The van der Waals surface area contributed by atoms with Crippen LogP contribution in [0.5, 0.6) is 0 Å². The molecule has 1 atom stereocenters. The fourth-order valence-electron chi connectivity index (χ4n) is 2.23. The van der Waals surface area contributed by atoms with E-state index in [-0.39, 0.29) is 6.04 Å². The van der Waals surface area contributed by atoms with Gasteiger partial charge in [0.2, 0.25) is 5.89 Å². The third-order valence-corrected chi connectivity index (χ3v) is 4.60. The van der Waals surface area contributed by atoms with Gasteiger partial charge in [-0.15, -0.1) is 11.3 Å². The second-order valence-electron chi connectivity index (χ2n) is 5.40. The first-order valence-corrected chi connectivity index (χ1v) is 8.14. The van der Waals surface area contributed by atoms with Gasteiger partial charge >= 0.3 is 0 Å². The van der Waals surface area contributed by atoms with Crippen molar-refractivity contribution in [1.29, 1.82) is 0 Å². The Morgan fingerprint density at radius 2 is 2.05 bits per heavy atom. The van der Waals surface area contributed by atoms with Gasteiger partial charge in [-0.3, -0.25) is 4.90 Å². The van der Waals surface area contributed by atoms with Gasteiger partial charge in [0.1, 0.15) is 5.01 Å². The van der Waals surface area contributed by atoms with Gasteiger partial charge in [0.05, 0.1) is 18.8 Å². The summed E-state index contributed by atoms with van der Waals surface area (Å²) in [5.74, 6) is 1.54. The smallest absolute Gasteiger partial charge is 0.211 e. The van der Waals surface area contributed by atoms with Crippen molar-refractivity contribution in [1.82, 2.24) is 14.9 Å². The molecule has 0 amide bonds. The van der Waals surface area contributed by atoms with Crippen molar-refractivity contribution >= 4 is 11.3 Å². The van der Waals surface area contributed by atoms with Gasteiger partial charge in [0.15, 0.2) is 5.76 Å². The minimum atomic E-state index is 0.0988.